The Morgan fingerprint density at radius 3 is 2.71 bits per heavy atom. The van der Waals surface area contributed by atoms with Crippen molar-refractivity contribution in [2.75, 3.05) is 0 Å². The summed E-state index contributed by atoms with van der Waals surface area (Å²) in [5.74, 6) is -1.39. The van der Waals surface area contributed by atoms with Crippen LogP contribution in [0.2, 0.25) is 0 Å². The second-order valence-electron chi connectivity index (χ2n) is 4.20. The monoisotopic (exact) mass is 238 g/mol. The summed E-state index contributed by atoms with van der Waals surface area (Å²) < 4.78 is 5.00. The molecule has 1 aliphatic rings. The number of nitrogens with zero attached hydrogens (tertiary/aromatic N) is 1. The van der Waals surface area contributed by atoms with Crippen molar-refractivity contribution >= 4 is 11.9 Å². The van der Waals surface area contributed by atoms with Crippen LogP contribution in [0.15, 0.2) is 10.8 Å². The lowest BCUT2D eigenvalue weighted by Crippen LogP contribution is -2.43. The first-order chi connectivity index (χ1) is 8.09. The Balaban J connectivity index is 1.86. The van der Waals surface area contributed by atoms with E-state index in [2.05, 4.69) is 10.3 Å². The molecule has 1 aromatic heterocycles. The first kappa shape index (κ1) is 11.6. The standard InChI is InChI=1S/C11H14N2O4/c1-6-9(13-5-17-6)4-12-10(14)7-2-3-8(7)11(15)16/h5,7-8H,2-4H2,1H3,(H,12,14)(H,15,16). The Morgan fingerprint density at radius 1 is 1.53 bits per heavy atom. The molecule has 6 heteroatoms. The first-order valence-electron chi connectivity index (χ1n) is 5.49. The summed E-state index contributed by atoms with van der Waals surface area (Å²) in [5.41, 5.74) is 0.671. The van der Waals surface area contributed by atoms with Gasteiger partial charge in [-0.25, -0.2) is 4.98 Å². The SMILES string of the molecule is Cc1ocnc1CNC(=O)C1CCC1C(=O)O. The molecular formula is C11H14N2O4. The summed E-state index contributed by atoms with van der Waals surface area (Å²) in [6, 6.07) is 0. The number of aliphatic carboxylic acids is 1. The Morgan fingerprint density at radius 2 is 2.24 bits per heavy atom. The molecule has 2 atom stereocenters. The van der Waals surface area contributed by atoms with Gasteiger partial charge in [-0.05, 0) is 19.8 Å². The van der Waals surface area contributed by atoms with Crippen molar-refractivity contribution in [2.45, 2.75) is 26.3 Å². The van der Waals surface area contributed by atoms with Gasteiger partial charge in [-0.2, -0.15) is 0 Å². The van der Waals surface area contributed by atoms with E-state index in [-0.39, 0.29) is 12.5 Å². The molecule has 17 heavy (non-hydrogen) atoms. The summed E-state index contributed by atoms with van der Waals surface area (Å²) in [6.45, 7) is 2.04. The highest BCUT2D eigenvalue weighted by molar-refractivity contribution is 5.86. The van der Waals surface area contributed by atoms with Gasteiger partial charge in [-0.15, -0.1) is 0 Å². The van der Waals surface area contributed by atoms with E-state index in [1.165, 1.54) is 6.39 Å². The van der Waals surface area contributed by atoms with Crippen molar-refractivity contribution in [1.29, 1.82) is 0 Å². The van der Waals surface area contributed by atoms with Crippen LogP contribution in [0.1, 0.15) is 24.3 Å². The Bertz CT molecular complexity index is 440. The third-order valence-electron chi connectivity index (χ3n) is 3.20. The maximum atomic E-state index is 11.7. The minimum atomic E-state index is -0.894. The van der Waals surface area contributed by atoms with Gasteiger partial charge in [-0.1, -0.05) is 0 Å². The number of amides is 1. The molecule has 0 bridgehead atoms. The zero-order chi connectivity index (χ0) is 12.4. The number of hydrogen-bond acceptors (Lipinski definition) is 4. The van der Waals surface area contributed by atoms with Crippen LogP contribution < -0.4 is 5.32 Å². The van der Waals surface area contributed by atoms with Crippen LogP contribution in [0.4, 0.5) is 0 Å². The van der Waals surface area contributed by atoms with Crippen molar-refractivity contribution in [2.24, 2.45) is 11.8 Å². The van der Waals surface area contributed by atoms with Crippen molar-refractivity contribution in [3.63, 3.8) is 0 Å². The van der Waals surface area contributed by atoms with Crippen LogP contribution in [0.3, 0.4) is 0 Å². The summed E-state index contributed by atoms with van der Waals surface area (Å²) in [5, 5.41) is 11.5. The van der Waals surface area contributed by atoms with Crippen LogP contribution in [0.5, 0.6) is 0 Å². The number of nitrogens with one attached hydrogen (secondary N) is 1. The highest BCUT2D eigenvalue weighted by Gasteiger charge is 2.41. The van der Waals surface area contributed by atoms with Crippen LogP contribution in [0.25, 0.3) is 0 Å². The molecular weight excluding hydrogens is 224 g/mol. The van der Waals surface area contributed by atoms with Gasteiger partial charge < -0.3 is 14.8 Å². The largest absolute Gasteiger partial charge is 0.481 e. The van der Waals surface area contributed by atoms with E-state index in [0.29, 0.717) is 24.3 Å². The van der Waals surface area contributed by atoms with Crippen LogP contribution >= 0.6 is 0 Å². The van der Waals surface area contributed by atoms with Crippen LogP contribution in [0, 0.1) is 18.8 Å². The molecule has 1 amide bonds. The molecule has 0 spiro atoms. The average Bonchev–Trinajstić information content (AvgIpc) is 2.58. The fourth-order valence-corrected chi connectivity index (χ4v) is 1.91. The molecule has 2 N–H and O–H groups in total. The van der Waals surface area contributed by atoms with Crippen molar-refractivity contribution < 1.29 is 19.1 Å². The van der Waals surface area contributed by atoms with E-state index in [1.807, 2.05) is 0 Å². The zero-order valence-electron chi connectivity index (χ0n) is 9.47. The predicted octanol–water partition coefficient (Wildman–Crippen LogP) is 0.710. The summed E-state index contributed by atoms with van der Waals surface area (Å²) in [4.78, 5) is 26.4. The molecule has 1 saturated carbocycles. The van der Waals surface area contributed by atoms with Crippen molar-refractivity contribution in [1.82, 2.24) is 10.3 Å². The van der Waals surface area contributed by atoms with Crippen molar-refractivity contribution in [3.8, 4) is 0 Å². The molecule has 1 aliphatic carbocycles. The number of carboxylic acids is 1. The Kier molecular flexibility index (Phi) is 3.12. The second kappa shape index (κ2) is 4.57. The smallest absolute Gasteiger partial charge is 0.307 e. The number of carboxylic acid groups (broad SMARTS) is 1. The number of oxazole rings is 1. The maximum Gasteiger partial charge on any atom is 0.307 e. The molecule has 1 aromatic rings. The van der Waals surface area contributed by atoms with Gasteiger partial charge in [-0.3, -0.25) is 9.59 Å². The Hall–Kier alpha value is -1.85. The molecule has 1 fully saturated rings. The molecule has 2 unspecified atom stereocenters. The third-order valence-corrected chi connectivity index (χ3v) is 3.20. The van der Waals surface area contributed by atoms with Crippen molar-refractivity contribution in [3.05, 3.63) is 17.8 Å². The van der Waals surface area contributed by atoms with E-state index in [4.69, 9.17) is 9.52 Å². The highest BCUT2D eigenvalue weighted by Crippen LogP contribution is 2.34. The molecule has 1 heterocycles. The van der Waals surface area contributed by atoms with Gasteiger partial charge in [0.15, 0.2) is 6.39 Å². The number of aromatic nitrogens is 1. The van der Waals surface area contributed by atoms with Crippen LogP contribution in [-0.4, -0.2) is 22.0 Å². The zero-order valence-corrected chi connectivity index (χ0v) is 9.47. The van der Waals surface area contributed by atoms with E-state index in [9.17, 15) is 9.59 Å². The normalized spacial score (nSPS) is 22.9. The minimum Gasteiger partial charge on any atom is -0.481 e. The third kappa shape index (κ3) is 2.30. The van der Waals surface area contributed by atoms with Gasteiger partial charge in [0.05, 0.1) is 18.4 Å². The molecule has 0 aliphatic heterocycles. The fraction of sp³-hybridized carbons (Fsp3) is 0.545. The topological polar surface area (TPSA) is 92.4 Å². The van der Waals surface area contributed by atoms with Gasteiger partial charge in [0.1, 0.15) is 11.5 Å². The lowest BCUT2D eigenvalue weighted by atomic mass is 9.73. The quantitative estimate of drug-likeness (QED) is 0.805. The van der Waals surface area contributed by atoms with E-state index < -0.39 is 17.8 Å². The molecule has 0 saturated heterocycles. The molecule has 92 valence electrons. The van der Waals surface area contributed by atoms with E-state index in [0.717, 1.165) is 0 Å². The fourth-order valence-electron chi connectivity index (χ4n) is 1.91. The molecule has 0 radical (unpaired) electrons. The Labute approximate surface area is 98.0 Å². The number of carbonyl (C=O) groups excluding carboxylic acids is 1. The summed E-state index contributed by atoms with van der Waals surface area (Å²) >= 11 is 0. The molecule has 2 rings (SSSR count). The number of hydrogen-bond donors (Lipinski definition) is 2. The average molecular weight is 238 g/mol. The first-order valence-corrected chi connectivity index (χ1v) is 5.49. The minimum absolute atomic E-state index is 0.217. The summed E-state index contributed by atoms with van der Waals surface area (Å²) in [7, 11) is 0. The van der Waals surface area contributed by atoms with Gasteiger partial charge in [0.2, 0.25) is 5.91 Å². The number of carbonyl (C=O) groups is 2. The highest BCUT2D eigenvalue weighted by atomic mass is 16.4. The maximum absolute atomic E-state index is 11.7. The van der Waals surface area contributed by atoms with E-state index in [1.54, 1.807) is 6.92 Å². The second-order valence-corrected chi connectivity index (χ2v) is 4.20. The number of rotatable bonds is 4. The molecule has 0 aromatic carbocycles. The van der Waals surface area contributed by atoms with Crippen LogP contribution in [-0.2, 0) is 16.1 Å². The number of aryl methyl sites for hydroxylation is 1. The van der Waals surface area contributed by atoms with Gasteiger partial charge >= 0.3 is 5.97 Å². The van der Waals surface area contributed by atoms with Gasteiger partial charge in [0.25, 0.3) is 0 Å². The molecule has 6 nitrogen and oxygen atoms in total. The lowest BCUT2D eigenvalue weighted by Gasteiger charge is -2.31. The van der Waals surface area contributed by atoms with E-state index >= 15 is 0 Å². The summed E-state index contributed by atoms with van der Waals surface area (Å²) in [6.07, 6.45) is 2.54. The predicted molar refractivity (Wildman–Crippen MR) is 56.9 cm³/mol. The van der Waals surface area contributed by atoms with Gasteiger partial charge in [0, 0.05) is 0 Å². The lowest BCUT2D eigenvalue weighted by molar-refractivity contribution is -0.152.